The van der Waals surface area contributed by atoms with Gasteiger partial charge in [0, 0.05) is 49.7 Å². The van der Waals surface area contributed by atoms with E-state index in [1.807, 2.05) is 29.2 Å². The summed E-state index contributed by atoms with van der Waals surface area (Å²) >= 11 is 0. The summed E-state index contributed by atoms with van der Waals surface area (Å²) in [6, 6.07) is 13.1. The number of fused-ring (bicyclic) bond motifs is 1. The quantitative estimate of drug-likeness (QED) is 0.469. The lowest BCUT2D eigenvalue weighted by Crippen LogP contribution is -2.51. The number of benzene rings is 2. The summed E-state index contributed by atoms with van der Waals surface area (Å²) in [6.45, 7) is 6.83. The van der Waals surface area contributed by atoms with Gasteiger partial charge in [-0.15, -0.1) is 0 Å². The number of carbonyl (C=O) groups is 1. The molecule has 1 aromatic heterocycles. The van der Waals surface area contributed by atoms with Crippen LogP contribution in [0.15, 0.2) is 48.5 Å². The minimum Gasteiger partial charge on any atom is -0.334 e. The van der Waals surface area contributed by atoms with Gasteiger partial charge in [-0.2, -0.15) is 0 Å². The van der Waals surface area contributed by atoms with Crippen LogP contribution in [-0.4, -0.2) is 64.6 Å². The van der Waals surface area contributed by atoms with Crippen molar-refractivity contribution in [1.29, 1.82) is 0 Å². The number of nitrogens with zero attached hydrogens (tertiary/aromatic N) is 4. The lowest BCUT2D eigenvalue weighted by molar-refractivity contribution is -0.0471. The van der Waals surface area contributed by atoms with Crippen molar-refractivity contribution >= 4 is 16.8 Å². The molecule has 2 aliphatic heterocycles. The van der Waals surface area contributed by atoms with E-state index in [0.717, 1.165) is 63.1 Å². The van der Waals surface area contributed by atoms with Gasteiger partial charge < -0.3 is 4.90 Å². The Bertz CT molecular complexity index is 1210. The number of likely N-dealkylation sites (N-methyl/N-ethyl adjacent to an activating group) is 1. The van der Waals surface area contributed by atoms with Crippen LogP contribution in [-0.2, 0) is 0 Å². The second kappa shape index (κ2) is 10.4. The molecular weight excluding hydrogens is 446 g/mol. The van der Waals surface area contributed by atoms with E-state index in [1.54, 1.807) is 6.07 Å². The Labute approximate surface area is 205 Å². The number of hydrogen-bond donors (Lipinski definition) is 0. The maximum Gasteiger partial charge on any atom is 0.254 e. The van der Waals surface area contributed by atoms with Crippen LogP contribution < -0.4 is 0 Å². The lowest BCUT2D eigenvalue weighted by Gasteiger charge is -2.39. The van der Waals surface area contributed by atoms with Crippen LogP contribution in [0.1, 0.15) is 49.4 Å². The van der Waals surface area contributed by atoms with Crippen molar-refractivity contribution in [1.82, 2.24) is 19.9 Å². The summed E-state index contributed by atoms with van der Waals surface area (Å²) in [5, 5.41) is 5.64. The average Bonchev–Trinajstić information content (AvgIpc) is 3.36. The first-order chi connectivity index (χ1) is 17.0. The van der Waals surface area contributed by atoms with E-state index in [2.05, 4.69) is 21.9 Å². The summed E-state index contributed by atoms with van der Waals surface area (Å²) in [5.74, 6) is -1.85. The number of carbonyl (C=O) groups excluding carboxylic acids is 1. The molecule has 2 aromatic carbocycles. The minimum absolute atomic E-state index is 0.0235. The largest absolute Gasteiger partial charge is 0.334 e. The first-order valence-electron chi connectivity index (χ1n) is 12.7. The average molecular weight is 479 g/mol. The molecule has 2 fully saturated rings. The normalized spacial score (nSPS) is 19.1. The molecule has 1 amide bonds. The van der Waals surface area contributed by atoms with E-state index in [1.165, 1.54) is 25.3 Å². The fraction of sp³-hybridized carbons (Fsp3) is 0.429. The summed E-state index contributed by atoms with van der Waals surface area (Å²) in [7, 11) is 0. The molecule has 7 heteroatoms. The van der Waals surface area contributed by atoms with Crippen molar-refractivity contribution in [2.24, 2.45) is 0 Å². The van der Waals surface area contributed by atoms with E-state index in [9.17, 15) is 13.6 Å². The van der Waals surface area contributed by atoms with Crippen LogP contribution in [0.2, 0.25) is 0 Å². The zero-order valence-corrected chi connectivity index (χ0v) is 20.2. The Morgan fingerprint density at radius 1 is 1.00 bits per heavy atom. The Hall–Kier alpha value is -2.90. The molecular formula is C28H32F2N4O. The van der Waals surface area contributed by atoms with Crippen molar-refractivity contribution in [2.45, 2.75) is 45.1 Å². The molecule has 184 valence electrons. The van der Waals surface area contributed by atoms with Gasteiger partial charge in [0.1, 0.15) is 0 Å². The molecule has 3 heterocycles. The summed E-state index contributed by atoms with van der Waals surface area (Å²) < 4.78 is 27.5. The molecule has 0 spiro atoms. The van der Waals surface area contributed by atoms with Gasteiger partial charge in [0.2, 0.25) is 0 Å². The zero-order chi connectivity index (χ0) is 24.4. The standard InChI is InChI=1S/C28H32F2N4O/c1-2-32(33-14-6-3-7-15-33)19-21-9-8-16-34(21)28(35)23-18-27(20-12-13-24(29)25(30)17-20)31-26-11-5-4-10-22(23)26/h4-5,10-13,17-18,21H,2-3,6-9,14-16,19H2,1H3/t21-/m1/s1. The molecule has 1 atom stereocenters. The number of halogens is 2. The van der Waals surface area contributed by atoms with Crippen LogP contribution in [0, 0.1) is 11.6 Å². The highest BCUT2D eigenvalue weighted by molar-refractivity contribution is 6.07. The number of aromatic nitrogens is 1. The van der Waals surface area contributed by atoms with Crippen molar-refractivity contribution < 1.29 is 13.6 Å². The number of likely N-dealkylation sites (tertiary alicyclic amines) is 1. The van der Waals surface area contributed by atoms with Crippen LogP contribution in [0.25, 0.3) is 22.2 Å². The fourth-order valence-corrected chi connectivity index (χ4v) is 5.45. The second-order valence-corrected chi connectivity index (χ2v) is 9.52. The fourth-order valence-electron chi connectivity index (χ4n) is 5.45. The third-order valence-corrected chi connectivity index (χ3v) is 7.32. The van der Waals surface area contributed by atoms with Gasteiger partial charge in [-0.1, -0.05) is 31.5 Å². The maximum absolute atomic E-state index is 14.0. The highest BCUT2D eigenvalue weighted by Crippen LogP contribution is 2.29. The van der Waals surface area contributed by atoms with E-state index >= 15 is 0 Å². The third kappa shape index (κ3) is 4.93. The predicted octanol–water partition coefficient (Wildman–Crippen LogP) is 5.51. The molecule has 0 saturated carbocycles. The number of piperidine rings is 1. The first-order valence-corrected chi connectivity index (χ1v) is 12.7. The SMILES string of the molecule is CCN(C[C@H]1CCCN1C(=O)c1cc(-c2ccc(F)c(F)c2)nc2ccccc12)N1CCCCC1. The van der Waals surface area contributed by atoms with Crippen LogP contribution in [0.3, 0.4) is 0 Å². The highest BCUT2D eigenvalue weighted by Gasteiger charge is 2.33. The number of pyridine rings is 1. The van der Waals surface area contributed by atoms with Gasteiger partial charge in [0.05, 0.1) is 16.8 Å². The van der Waals surface area contributed by atoms with Crippen molar-refractivity contribution in [3.05, 3.63) is 65.7 Å². The molecule has 5 rings (SSSR count). The number of amides is 1. The summed E-state index contributed by atoms with van der Waals surface area (Å²) in [6.07, 6.45) is 5.69. The van der Waals surface area contributed by atoms with Gasteiger partial charge in [-0.25, -0.2) is 23.8 Å². The Morgan fingerprint density at radius 3 is 2.57 bits per heavy atom. The van der Waals surface area contributed by atoms with Crippen LogP contribution in [0.4, 0.5) is 8.78 Å². The predicted molar refractivity (Wildman–Crippen MR) is 134 cm³/mol. The molecule has 5 nitrogen and oxygen atoms in total. The molecule has 0 bridgehead atoms. The van der Waals surface area contributed by atoms with Crippen molar-refractivity contribution in [3.8, 4) is 11.3 Å². The van der Waals surface area contributed by atoms with Gasteiger partial charge in [0.25, 0.3) is 5.91 Å². The molecule has 2 aliphatic rings. The molecule has 35 heavy (non-hydrogen) atoms. The van der Waals surface area contributed by atoms with Crippen molar-refractivity contribution in [2.75, 3.05) is 32.7 Å². The van der Waals surface area contributed by atoms with Crippen LogP contribution >= 0.6 is 0 Å². The van der Waals surface area contributed by atoms with Gasteiger partial charge in [-0.3, -0.25) is 4.79 Å². The zero-order valence-electron chi connectivity index (χ0n) is 20.2. The minimum atomic E-state index is -0.928. The van der Waals surface area contributed by atoms with Gasteiger partial charge in [0.15, 0.2) is 11.6 Å². The molecule has 0 radical (unpaired) electrons. The van der Waals surface area contributed by atoms with Gasteiger partial charge in [-0.05, 0) is 56.0 Å². The summed E-state index contributed by atoms with van der Waals surface area (Å²) in [4.78, 5) is 20.6. The molecule has 0 N–H and O–H groups in total. The van der Waals surface area contributed by atoms with E-state index < -0.39 is 11.6 Å². The highest BCUT2D eigenvalue weighted by atomic mass is 19.2. The van der Waals surface area contributed by atoms with Crippen molar-refractivity contribution in [3.63, 3.8) is 0 Å². The number of rotatable bonds is 6. The number of para-hydroxylation sites is 1. The Balaban J connectivity index is 1.46. The first kappa shape index (κ1) is 23.8. The topological polar surface area (TPSA) is 39.7 Å². The number of hydrazine groups is 1. The molecule has 2 saturated heterocycles. The number of hydrogen-bond acceptors (Lipinski definition) is 4. The summed E-state index contributed by atoms with van der Waals surface area (Å²) in [5.41, 5.74) is 2.13. The van der Waals surface area contributed by atoms with E-state index in [0.29, 0.717) is 22.3 Å². The smallest absolute Gasteiger partial charge is 0.254 e. The molecule has 0 unspecified atom stereocenters. The second-order valence-electron chi connectivity index (χ2n) is 9.52. The van der Waals surface area contributed by atoms with Crippen LogP contribution in [0.5, 0.6) is 0 Å². The maximum atomic E-state index is 14.0. The van der Waals surface area contributed by atoms with E-state index in [4.69, 9.17) is 0 Å². The third-order valence-electron chi connectivity index (χ3n) is 7.32. The van der Waals surface area contributed by atoms with E-state index in [-0.39, 0.29) is 11.9 Å². The molecule has 3 aromatic rings. The monoisotopic (exact) mass is 478 g/mol. The lowest BCUT2D eigenvalue weighted by atomic mass is 10.0. The Kier molecular flexibility index (Phi) is 7.07. The Morgan fingerprint density at radius 2 is 1.80 bits per heavy atom. The van der Waals surface area contributed by atoms with Gasteiger partial charge >= 0.3 is 0 Å². The molecule has 0 aliphatic carbocycles.